The third-order valence-corrected chi connectivity index (χ3v) is 2.98. The highest BCUT2D eigenvalue weighted by molar-refractivity contribution is 6.31. The van der Waals surface area contributed by atoms with Gasteiger partial charge in [-0.25, -0.2) is 9.37 Å². The van der Waals surface area contributed by atoms with E-state index in [4.69, 9.17) is 11.6 Å². The van der Waals surface area contributed by atoms with E-state index in [1.165, 1.54) is 12.1 Å². The van der Waals surface area contributed by atoms with E-state index in [1.807, 2.05) is 6.92 Å². The third kappa shape index (κ3) is 3.57. The molecule has 0 fully saturated rings. The van der Waals surface area contributed by atoms with Gasteiger partial charge in [-0.15, -0.1) is 0 Å². The highest BCUT2D eigenvalue weighted by Gasteiger charge is 2.06. The quantitative estimate of drug-likeness (QED) is 0.870. The normalized spacial score (nSPS) is 10.4. The number of nitrogens with zero attached hydrogens (tertiary/aromatic N) is 2. The first kappa shape index (κ1) is 14.5. The first-order chi connectivity index (χ1) is 9.60. The average Bonchev–Trinajstić information content (AvgIpc) is 2.44. The number of benzene rings is 1. The summed E-state index contributed by atoms with van der Waals surface area (Å²) in [6.45, 7) is 4.78. The fourth-order valence-corrected chi connectivity index (χ4v) is 1.78. The number of halogens is 2. The molecule has 0 unspecified atom stereocenters. The van der Waals surface area contributed by atoms with Gasteiger partial charge in [0.15, 0.2) is 0 Å². The van der Waals surface area contributed by atoms with Crippen molar-refractivity contribution in [1.29, 1.82) is 0 Å². The minimum atomic E-state index is -0.443. The van der Waals surface area contributed by atoms with Crippen molar-refractivity contribution in [3.63, 3.8) is 0 Å². The Hall–Kier alpha value is -1.88. The molecule has 2 rings (SSSR count). The maximum atomic E-state index is 13.1. The molecule has 4 nitrogen and oxygen atoms in total. The van der Waals surface area contributed by atoms with Gasteiger partial charge in [-0.3, -0.25) is 0 Å². The summed E-state index contributed by atoms with van der Waals surface area (Å²) >= 11 is 5.76. The van der Waals surface area contributed by atoms with E-state index in [0.29, 0.717) is 17.5 Å². The lowest BCUT2D eigenvalue weighted by Crippen LogP contribution is -2.06. The van der Waals surface area contributed by atoms with Crippen LogP contribution >= 0.6 is 11.6 Å². The monoisotopic (exact) mass is 294 g/mol. The van der Waals surface area contributed by atoms with Gasteiger partial charge in [0.1, 0.15) is 11.6 Å². The molecule has 0 radical (unpaired) electrons. The van der Waals surface area contributed by atoms with Crippen LogP contribution in [0.5, 0.6) is 0 Å². The summed E-state index contributed by atoms with van der Waals surface area (Å²) in [6, 6.07) is 4.46. The van der Waals surface area contributed by atoms with Crippen LogP contribution in [0.3, 0.4) is 0 Å². The molecule has 2 aromatic rings. The predicted molar refractivity (Wildman–Crippen MR) is 80.2 cm³/mol. The van der Waals surface area contributed by atoms with Gasteiger partial charge in [0.2, 0.25) is 5.95 Å². The zero-order valence-corrected chi connectivity index (χ0v) is 12.1. The second kappa shape index (κ2) is 6.52. The van der Waals surface area contributed by atoms with Gasteiger partial charge in [0.25, 0.3) is 0 Å². The number of hydrogen-bond donors (Lipinski definition) is 2. The van der Waals surface area contributed by atoms with E-state index in [-0.39, 0.29) is 5.02 Å². The van der Waals surface area contributed by atoms with Gasteiger partial charge in [0.05, 0.1) is 5.02 Å². The van der Waals surface area contributed by atoms with E-state index >= 15 is 0 Å². The Morgan fingerprint density at radius 1 is 1.35 bits per heavy atom. The molecule has 0 saturated heterocycles. The largest absolute Gasteiger partial charge is 0.354 e. The molecule has 0 bridgehead atoms. The summed E-state index contributed by atoms with van der Waals surface area (Å²) in [4.78, 5) is 8.59. The van der Waals surface area contributed by atoms with Crippen LogP contribution in [0.2, 0.25) is 5.02 Å². The fraction of sp³-hybridized carbons (Fsp3) is 0.286. The zero-order valence-electron chi connectivity index (χ0n) is 11.4. The lowest BCUT2D eigenvalue weighted by atomic mass is 10.3. The second-order valence-electron chi connectivity index (χ2n) is 4.41. The van der Waals surface area contributed by atoms with Gasteiger partial charge in [-0.2, -0.15) is 4.98 Å². The van der Waals surface area contributed by atoms with E-state index in [2.05, 4.69) is 27.5 Å². The second-order valence-corrected chi connectivity index (χ2v) is 4.81. The van der Waals surface area contributed by atoms with Gasteiger partial charge in [-0.05, 0) is 31.5 Å². The summed E-state index contributed by atoms with van der Waals surface area (Å²) in [6.07, 6.45) is 2.73. The van der Waals surface area contributed by atoms with E-state index in [1.54, 1.807) is 12.3 Å². The molecule has 0 atom stereocenters. The minimum Gasteiger partial charge on any atom is -0.354 e. The Balaban J connectivity index is 2.20. The van der Waals surface area contributed by atoms with Crippen LogP contribution < -0.4 is 10.6 Å². The molecule has 0 amide bonds. The summed E-state index contributed by atoms with van der Waals surface area (Å²) < 4.78 is 13.1. The van der Waals surface area contributed by atoms with Gasteiger partial charge < -0.3 is 10.6 Å². The summed E-state index contributed by atoms with van der Waals surface area (Å²) in [5, 5.41) is 6.31. The number of hydrogen-bond acceptors (Lipinski definition) is 4. The number of aromatic nitrogens is 2. The molecule has 1 heterocycles. The molecular weight excluding hydrogens is 279 g/mol. The number of anilines is 3. The van der Waals surface area contributed by atoms with Crippen LogP contribution in [0.15, 0.2) is 24.4 Å². The average molecular weight is 295 g/mol. The summed E-state index contributed by atoms with van der Waals surface area (Å²) in [7, 11) is 0. The first-order valence-electron chi connectivity index (χ1n) is 6.39. The van der Waals surface area contributed by atoms with Gasteiger partial charge in [-0.1, -0.05) is 18.5 Å². The van der Waals surface area contributed by atoms with E-state index < -0.39 is 5.82 Å². The number of nitrogens with one attached hydrogen (secondary N) is 2. The molecular formula is C14H16ClFN4. The van der Waals surface area contributed by atoms with Gasteiger partial charge in [0, 0.05) is 24.0 Å². The smallest absolute Gasteiger partial charge is 0.224 e. The van der Waals surface area contributed by atoms with Crippen molar-refractivity contribution >= 4 is 29.1 Å². The Bertz CT molecular complexity index is 604. The Kier molecular flexibility index (Phi) is 4.74. The molecule has 0 spiro atoms. The lowest BCUT2D eigenvalue weighted by Gasteiger charge is -2.11. The first-order valence-corrected chi connectivity index (χ1v) is 6.77. The molecule has 0 saturated carbocycles. The molecule has 6 heteroatoms. The van der Waals surface area contributed by atoms with Crippen molar-refractivity contribution in [2.24, 2.45) is 0 Å². The van der Waals surface area contributed by atoms with E-state index in [0.717, 1.165) is 18.5 Å². The molecule has 0 aliphatic carbocycles. The molecule has 106 valence electrons. The SMILES string of the molecule is CCCNc1ncc(C)c(Nc2ccc(F)c(Cl)c2)n1. The summed E-state index contributed by atoms with van der Waals surface area (Å²) in [5.74, 6) is 0.788. The summed E-state index contributed by atoms with van der Waals surface area (Å²) in [5.41, 5.74) is 1.58. The maximum absolute atomic E-state index is 13.1. The molecule has 2 N–H and O–H groups in total. The fourth-order valence-electron chi connectivity index (χ4n) is 1.60. The van der Waals surface area contributed by atoms with Crippen LogP contribution in [-0.2, 0) is 0 Å². The number of aryl methyl sites for hydroxylation is 1. The van der Waals surface area contributed by atoms with E-state index in [9.17, 15) is 4.39 Å². The zero-order chi connectivity index (χ0) is 14.5. The Morgan fingerprint density at radius 2 is 2.15 bits per heavy atom. The van der Waals surface area contributed by atoms with Crippen LogP contribution in [0, 0.1) is 12.7 Å². The highest BCUT2D eigenvalue weighted by atomic mass is 35.5. The van der Waals surface area contributed by atoms with Crippen molar-refractivity contribution in [3.8, 4) is 0 Å². The van der Waals surface area contributed by atoms with Crippen molar-refractivity contribution in [3.05, 3.63) is 40.8 Å². The van der Waals surface area contributed by atoms with Gasteiger partial charge >= 0.3 is 0 Å². The van der Waals surface area contributed by atoms with Crippen molar-refractivity contribution < 1.29 is 4.39 Å². The topological polar surface area (TPSA) is 49.8 Å². The third-order valence-electron chi connectivity index (χ3n) is 2.69. The lowest BCUT2D eigenvalue weighted by molar-refractivity contribution is 0.628. The Morgan fingerprint density at radius 3 is 2.85 bits per heavy atom. The van der Waals surface area contributed by atoms with Crippen molar-refractivity contribution in [1.82, 2.24) is 9.97 Å². The Labute approximate surface area is 122 Å². The van der Waals surface area contributed by atoms with Crippen molar-refractivity contribution in [2.45, 2.75) is 20.3 Å². The number of rotatable bonds is 5. The molecule has 1 aromatic carbocycles. The highest BCUT2D eigenvalue weighted by Crippen LogP contribution is 2.23. The van der Waals surface area contributed by atoms with Crippen LogP contribution in [0.25, 0.3) is 0 Å². The molecule has 0 aliphatic heterocycles. The molecule has 1 aromatic heterocycles. The predicted octanol–water partition coefficient (Wildman–Crippen LogP) is 4.14. The maximum Gasteiger partial charge on any atom is 0.224 e. The standard InChI is InChI=1S/C14H16ClFN4/c1-3-6-17-14-18-8-9(2)13(20-14)19-10-4-5-12(16)11(15)7-10/h4-5,7-8H,3,6H2,1-2H3,(H2,17,18,19,20). The van der Waals surface area contributed by atoms with Crippen LogP contribution in [0.4, 0.5) is 21.8 Å². The van der Waals surface area contributed by atoms with Crippen LogP contribution in [-0.4, -0.2) is 16.5 Å². The molecule has 0 aliphatic rings. The minimum absolute atomic E-state index is 0.0750. The van der Waals surface area contributed by atoms with Crippen LogP contribution in [0.1, 0.15) is 18.9 Å². The molecule has 20 heavy (non-hydrogen) atoms. The van der Waals surface area contributed by atoms with Crippen molar-refractivity contribution in [2.75, 3.05) is 17.2 Å².